The minimum atomic E-state index is -0.805. The van der Waals surface area contributed by atoms with Crippen molar-refractivity contribution in [3.05, 3.63) is 102 Å². The second-order valence-electron chi connectivity index (χ2n) is 25.2. The van der Waals surface area contributed by atoms with Gasteiger partial charge in [-0.15, -0.1) is 21.5 Å². The van der Waals surface area contributed by atoms with E-state index in [0.717, 1.165) is 123 Å². The van der Waals surface area contributed by atoms with Crippen molar-refractivity contribution in [2.75, 3.05) is 85.9 Å². The number of piperidine rings is 1. The topological polar surface area (TPSA) is 219 Å². The molecular weight excluding hydrogens is 1070 g/mol. The third-order valence-corrected chi connectivity index (χ3v) is 20.2. The fourth-order valence-corrected chi connectivity index (χ4v) is 15.2. The molecule has 5 N–H and O–H groups in total. The number of nitrogens with one attached hydrogen (secondary N) is 1. The van der Waals surface area contributed by atoms with Gasteiger partial charge >= 0.3 is 0 Å². The van der Waals surface area contributed by atoms with E-state index in [1.165, 1.54) is 12.8 Å². The molecule has 1 aliphatic carbocycles. The van der Waals surface area contributed by atoms with E-state index >= 15 is 0 Å². The molecule has 5 aliphatic heterocycles. The summed E-state index contributed by atoms with van der Waals surface area (Å²) in [5.41, 5.74) is 14.6. The molecule has 0 radical (unpaired) electrons. The number of hydrogen-bond acceptors (Lipinski definition) is 18. The van der Waals surface area contributed by atoms with Gasteiger partial charge in [0.2, 0.25) is 17.7 Å². The molecule has 12 rings (SSSR count). The number of aromatic nitrogens is 5. The number of benzene rings is 2. The summed E-state index contributed by atoms with van der Waals surface area (Å²) in [4.78, 5) is 52.5. The number of pyridine rings is 1. The summed E-state index contributed by atoms with van der Waals surface area (Å²) in [6.07, 6.45) is 8.05. The molecule has 4 aromatic heterocycles. The molecule has 1 saturated carbocycles. The van der Waals surface area contributed by atoms with Gasteiger partial charge in [0.15, 0.2) is 17.4 Å². The number of aliphatic hydroxyl groups is 1. The van der Waals surface area contributed by atoms with Crippen molar-refractivity contribution in [3.63, 3.8) is 0 Å². The van der Waals surface area contributed by atoms with Crippen LogP contribution < -0.4 is 30.5 Å². The maximum Gasteiger partial charge on any atom is 0.243 e. The highest BCUT2D eigenvalue weighted by atomic mass is 32.1. The molecule has 5 saturated heterocycles. The summed E-state index contributed by atoms with van der Waals surface area (Å²) in [5.74, 6) is 2.37. The van der Waals surface area contributed by atoms with Gasteiger partial charge in [-0.2, -0.15) is 0 Å². The molecule has 2 aromatic carbocycles. The Morgan fingerprint density at radius 3 is 2.30 bits per heavy atom. The van der Waals surface area contributed by atoms with Crippen molar-refractivity contribution in [2.24, 2.45) is 17.8 Å². The number of rotatable bonds is 17. The number of aryl methyl sites for hydroxylation is 1. The number of phenolic OH excluding ortho intramolecular Hbond substituents is 1. The fraction of sp³-hybridized carbons (Fsp3) is 0.540. The smallest absolute Gasteiger partial charge is 0.243 e. The van der Waals surface area contributed by atoms with Crippen molar-refractivity contribution < 1.29 is 29.1 Å². The summed E-state index contributed by atoms with van der Waals surface area (Å²) in [6, 6.07) is 22.9. The van der Waals surface area contributed by atoms with Gasteiger partial charge in [-0.25, -0.2) is 9.97 Å². The summed E-state index contributed by atoms with van der Waals surface area (Å²) >= 11 is 1.60. The summed E-state index contributed by atoms with van der Waals surface area (Å²) < 4.78 is 12.5. The number of aliphatic hydroxyl groups excluding tert-OH is 1. The number of hydrogen-bond donors (Lipinski definition) is 4. The van der Waals surface area contributed by atoms with Gasteiger partial charge in [0, 0.05) is 106 Å². The van der Waals surface area contributed by atoms with Crippen LogP contribution in [0.15, 0.2) is 89.0 Å². The number of aromatic hydroxyl groups is 1. The highest BCUT2D eigenvalue weighted by Gasteiger charge is 2.46. The van der Waals surface area contributed by atoms with E-state index in [1.807, 2.05) is 87.9 Å². The third kappa shape index (κ3) is 11.7. The molecule has 19 nitrogen and oxygen atoms in total. The number of piperazine rings is 2. The number of ether oxygens (including phenoxy) is 1. The lowest BCUT2D eigenvalue weighted by molar-refractivity contribution is -0.141. The minimum Gasteiger partial charge on any atom is -0.507 e. The Labute approximate surface area is 491 Å². The average Bonchev–Trinajstić information content (AvgIpc) is 4.49. The Kier molecular flexibility index (Phi) is 16.1. The highest BCUT2D eigenvalue weighted by molar-refractivity contribution is 7.13. The van der Waals surface area contributed by atoms with Crippen LogP contribution in [0.3, 0.4) is 0 Å². The molecule has 6 fully saturated rings. The molecule has 1 unspecified atom stereocenters. The van der Waals surface area contributed by atoms with Crippen molar-refractivity contribution in [3.8, 4) is 33.3 Å². The normalized spacial score (nSPS) is 24.3. The number of phenols is 1. The van der Waals surface area contributed by atoms with Crippen LogP contribution in [0.25, 0.3) is 21.7 Å². The van der Waals surface area contributed by atoms with Crippen LogP contribution in [0.1, 0.15) is 109 Å². The third-order valence-electron chi connectivity index (χ3n) is 19.2. The van der Waals surface area contributed by atoms with Gasteiger partial charge < -0.3 is 55.0 Å². The number of fused-ring (bicyclic) bond motifs is 2. The number of nitrogens with zero attached hydrogens (tertiary/aromatic N) is 11. The maximum atomic E-state index is 14.5. The van der Waals surface area contributed by atoms with Gasteiger partial charge in [-0.05, 0) is 132 Å². The molecule has 2 amide bonds. The maximum absolute atomic E-state index is 14.5. The number of thiazole rings is 1. The van der Waals surface area contributed by atoms with Crippen LogP contribution in [0.2, 0.25) is 0 Å². The lowest BCUT2D eigenvalue weighted by Crippen LogP contribution is -2.59. The van der Waals surface area contributed by atoms with Gasteiger partial charge in [-0.3, -0.25) is 14.5 Å². The molecule has 0 spiro atoms. The van der Waals surface area contributed by atoms with Crippen LogP contribution in [-0.2, 0) is 9.59 Å². The van der Waals surface area contributed by atoms with Crippen molar-refractivity contribution in [1.82, 2.24) is 45.3 Å². The Morgan fingerprint density at radius 1 is 0.867 bits per heavy atom. The van der Waals surface area contributed by atoms with Crippen molar-refractivity contribution in [2.45, 2.75) is 134 Å². The number of carbonyl (C=O) groups is 2. The van der Waals surface area contributed by atoms with E-state index in [1.54, 1.807) is 28.4 Å². The summed E-state index contributed by atoms with van der Waals surface area (Å²) in [7, 11) is 0. The summed E-state index contributed by atoms with van der Waals surface area (Å²) in [6.45, 7) is 21.2. The quantitative estimate of drug-likeness (QED) is 0.0677. The van der Waals surface area contributed by atoms with E-state index in [0.29, 0.717) is 52.6 Å². The number of carbonyl (C=O) groups excluding carboxylic acids is 2. The highest BCUT2D eigenvalue weighted by Crippen LogP contribution is 2.42. The van der Waals surface area contributed by atoms with Crippen LogP contribution in [0.5, 0.6) is 11.6 Å². The molecule has 6 atom stereocenters. The predicted octanol–water partition coefficient (Wildman–Crippen LogP) is 8.15. The number of para-hydroxylation sites is 1. The first kappa shape index (κ1) is 56.6. The van der Waals surface area contributed by atoms with E-state index in [4.69, 9.17) is 15.0 Å². The number of anilines is 4. The zero-order chi connectivity index (χ0) is 57.7. The van der Waals surface area contributed by atoms with E-state index in [-0.39, 0.29) is 54.1 Å². The van der Waals surface area contributed by atoms with Crippen LogP contribution in [-0.4, -0.2) is 163 Å². The lowest BCUT2D eigenvalue weighted by atomic mass is 9.77. The van der Waals surface area contributed by atoms with Crippen molar-refractivity contribution in [1.29, 1.82) is 0 Å². The summed E-state index contributed by atoms with van der Waals surface area (Å²) in [5, 5.41) is 37.6. The van der Waals surface area contributed by atoms with Crippen LogP contribution in [0.4, 0.5) is 23.0 Å². The first-order valence-corrected chi connectivity index (χ1v) is 31.0. The zero-order valence-electron chi connectivity index (χ0n) is 48.8. The van der Waals surface area contributed by atoms with Gasteiger partial charge in [0.05, 0.1) is 39.6 Å². The van der Waals surface area contributed by atoms with E-state index < -0.39 is 18.1 Å². The molecule has 6 aromatic rings. The number of likely N-dealkylation sites (tertiary alicyclic amines) is 2. The molecule has 9 heterocycles. The average molecular weight is 1150 g/mol. The second kappa shape index (κ2) is 23.6. The lowest BCUT2D eigenvalue weighted by Gasteiger charge is -2.50. The van der Waals surface area contributed by atoms with E-state index in [2.05, 4.69) is 81.1 Å². The van der Waals surface area contributed by atoms with Crippen molar-refractivity contribution >= 4 is 46.2 Å². The molecule has 440 valence electrons. The largest absolute Gasteiger partial charge is 0.507 e. The Morgan fingerprint density at radius 2 is 1.60 bits per heavy atom. The van der Waals surface area contributed by atoms with Gasteiger partial charge in [0.1, 0.15) is 23.8 Å². The Hall–Kier alpha value is -6.87. The molecular formula is C63H81N13O6S. The molecule has 20 heteroatoms. The first-order chi connectivity index (χ1) is 40.0. The fourth-order valence-electron chi connectivity index (χ4n) is 14.3. The first-order valence-electron chi connectivity index (χ1n) is 30.1. The van der Waals surface area contributed by atoms with Gasteiger partial charge in [0.25, 0.3) is 0 Å². The second-order valence-corrected chi connectivity index (χ2v) is 26.0. The number of nitrogen functional groups attached to an aromatic ring is 1. The Balaban J connectivity index is 0.581. The zero-order valence-corrected chi connectivity index (χ0v) is 49.6. The van der Waals surface area contributed by atoms with Crippen LogP contribution in [0, 0.1) is 24.7 Å². The van der Waals surface area contributed by atoms with Crippen LogP contribution >= 0.6 is 11.3 Å². The predicted molar refractivity (Wildman–Crippen MR) is 323 cm³/mol. The monoisotopic (exact) mass is 1150 g/mol. The minimum absolute atomic E-state index is 0.0442. The standard InChI is InChI=1S/C63H81N13O6S/c1-38(2)58(62(80)75-36-48(77)30-53(75)61(79)67-39(3)42-11-13-43(14-12-42)59-40(4)66-37-83-59)55-32-56(70-82-55)72-23-25-74(26-24-72)63(5,6)44-18-21-71(22-19-44)33-41-27-49(28-41)81-57-29-45(17-20-65-57)76-46-15-16-47(76)35-73(34-46)52-31-51(68-69-60(52)64)50-9-7-8-10-54(50)78/h7-14,17,20,29,31-32,37-39,41,44,46-49,53,58,77-78H,15-16,18-19,21-28,30,33-36H2,1-6H3,(H2,64,69)(H,67,79)/t39-,41?,46+,47?,48+,49?,53-,58-/m0/s1. The SMILES string of the molecule is Cc1ncsc1-c1ccc([C@H](C)NC(=O)[C@@H]2C[C@@H](O)CN2C(=O)[C@H](c2cc(N3CCN(C(C)(C)C4CCN(CC5CC(Oc6cc(N7C8CC[C@@H]7CN(c7cc(-c9ccccc9O)nnc7N)C8)ccn6)C5)CC4)CC3)no2)C(C)C)cc1. The van der Waals surface area contributed by atoms with Gasteiger partial charge in [-0.1, -0.05) is 55.4 Å². The number of nitrogens with two attached hydrogens (primary N) is 1. The Bertz CT molecular complexity index is 3230. The van der Waals surface area contributed by atoms with E-state index in [9.17, 15) is 19.8 Å². The number of β-amino-alcohol motifs (C(OH)–C–C–N with tert-alkyl or cyclic N) is 1. The molecule has 83 heavy (non-hydrogen) atoms. The molecule has 2 bridgehead atoms. The number of amides is 2. The molecule has 6 aliphatic rings.